The van der Waals surface area contributed by atoms with Gasteiger partial charge in [-0.2, -0.15) is 10.4 Å². The Kier molecular flexibility index (Phi) is 5.42. The molecule has 8 heteroatoms. The molecule has 148 valence electrons. The van der Waals surface area contributed by atoms with Crippen LogP contribution in [0.4, 0.5) is 5.82 Å². The summed E-state index contributed by atoms with van der Waals surface area (Å²) < 4.78 is 13.3. The molecule has 1 aliphatic heterocycles. The average molecular weight is 390 g/mol. The second-order valence-electron chi connectivity index (χ2n) is 6.74. The van der Waals surface area contributed by atoms with E-state index >= 15 is 0 Å². The molecular weight excluding hydrogens is 368 g/mol. The van der Waals surface area contributed by atoms with Crippen LogP contribution in [-0.4, -0.2) is 41.1 Å². The summed E-state index contributed by atoms with van der Waals surface area (Å²) in [5.74, 6) is 1.98. The Hall–Kier alpha value is -3.41. The summed E-state index contributed by atoms with van der Waals surface area (Å²) in [5.41, 5.74) is 8.67. The number of hydrogen-bond acceptors (Lipinski definition) is 7. The van der Waals surface area contributed by atoms with Crippen molar-refractivity contribution < 1.29 is 9.47 Å². The number of benzene rings is 1. The topological polar surface area (TPSA) is 102 Å². The van der Waals surface area contributed by atoms with Crippen molar-refractivity contribution in [3.8, 4) is 29.0 Å². The van der Waals surface area contributed by atoms with Gasteiger partial charge in [0.05, 0.1) is 30.5 Å². The number of nitriles is 1. The maximum absolute atomic E-state index is 9.32. The number of rotatable bonds is 5. The highest BCUT2D eigenvalue weighted by Crippen LogP contribution is 2.34. The third-order valence-electron chi connectivity index (χ3n) is 4.82. The molecule has 0 aliphatic carbocycles. The maximum atomic E-state index is 9.32. The number of nitrogens with two attached hydrogens (primary N) is 1. The average Bonchev–Trinajstić information content (AvgIpc) is 3.14. The van der Waals surface area contributed by atoms with Crippen LogP contribution in [-0.2, 0) is 18.3 Å². The van der Waals surface area contributed by atoms with Crippen LogP contribution < -0.4 is 15.4 Å². The van der Waals surface area contributed by atoms with Crippen molar-refractivity contribution in [2.24, 2.45) is 12.8 Å². The minimum Gasteiger partial charge on any atom is -0.438 e. The molecule has 1 saturated heterocycles. The first-order valence-electron chi connectivity index (χ1n) is 9.42. The van der Waals surface area contributed by atoms with Gasteiger partial charge in [0, 0.05) is 44.5 Å². The highest BCUT2D eigenvalue weighted by Gasteiger charge is 2.18. The van der Waals surface area contributed by atoms with Gasteiger partial charge < -0.3 is 20.1 Å². The van der Waals surface area contributed by atoms with Crippen molar-refractivity contribution in [2.45, 2.75) is 6.54 Å². The zero-order chi connectivity index (χ0) is 20.2. The van der Waals surface area contributed by atoms with Crippen molar-refractivity contribution in [1.29, 1.82) is 5.26 Å². The lowest BCUT2D eigenvalue weighted by Crippen LogP contribution is -2.36. The Balaban J connectivity index is 1.67. The number of ether oxygens (including phenoxy) is 2. The molecule has 0 unspecified atom stereocenters. The van der Waals surface area contributed by atoms with Crippen molar-refractivity contribution in [1.82, 2.24) is 14.8 Å². The Labute approximate surface area is 169 Å². The van der Waals surface area contributed by atoms with E-state index in [-0.39, 0.29) is 0 Å². The van der Waals surface area contributed by atoms with Gasteiger partial charge in [0.15, 0.2) is 5.82 Å². The van der Waals surface area contributed by atoms with E-state index in [0.29, 0.717) is 37.0 Å². The highest BCUT2D eigenvalue weighted by molar-refractivity contribution is 5.69. The van der Waals surface area contributed by atoms with E-state index in [2.05, 4.69) is 21.1 Å². The Morgan fingerprint density at radius 3 is 2.72 bits per heavy atom. The van der Waals surface area contributed by atoms with E-state index in [4.69, 9.17) is 15.2 Å². The zero-order valence-electron chi connectivity index (χ0n) is 16.2. The van der Waals surface area contributed by atoms with Crippen LogP contribution >= 0.6 is 0 Å². The number of aryl methyl sites for hydroxylation is 1. The maximum Gasteiger partial charge on any atom is 0.219 e. The molecule has 0 bridgehead atoms. The second-order valence-corrected chi connectivity index (χ2v) is 6.74. The van der Waals surface area contributed by atoms with Crippen LogP contribution in [0.3, 0.4) is 0 Å². The smallest absolute Gasteiger partial charge is 0.219 e. The van der Waals surface area contributed by atoms with E-state index in [1.807, 2.05) is 31.3 Å². The second kappa shape index (κ2) is 8.31. The van der Waals surface area contributed by atoms with Gasteiger partial charge in [0.2, 0.25) is 5.88 Å². The summed E-state index contributed by atoms with van der Waals surface area (Å²) in [6.07, 6.45) is 1.75. The summed E-state index contributed by atoms with van der Waals surface area (Å²) in [7, 11) is 1.83. The van der Waals surface area contributed by atoms with E-state index in [9.17, 15) is 5.26 Å². The molecule has 8 nitrogen and oxygen atoms in total. The van der Waals surface area contributed by atoms with E-state index in [1.54, 1.807) is 23.0 Å². The summed E-state index contributed by atoms with van der Waals surface area (Å²) in [5, 5.41) is 13.9. The first kappa shape index (κ1) is 18.9. The molecule has 3 aromatic rings. The van der Waals surface area contributed by atoms with Gasteiger partial charge in [-0.1, -0.05) is 6.07 Å². The third kappa shape index (κ3) is 4.06. The molecule has 3 heterocycles. The highest BCUT2D eigenvalue weighted by atomic mass is 16.5. The molecule has 2 N–H and O–H groups in total. The van der Waals surface area contributed by atoms with Crippen molar-refractivity contribution in [2.75, 3.05) is 31.2 Å². The number of pyridine rings is 1. The van der Waals surface area contributed by atoms with E-state index in [1.165, 1.54) is 0 Å². The van der Waals surface area contributed by atoms with Crippen LogP contribution in [0, 0.1) is 11.3 Å². The molecular formula is C21H22N6O2. The lowest BCUT2D eigenvalue weighted by atomic mass is 10.1. The standard InChI is InChI=1S/C21H22N6O2/c1-26-21(11-20(25-26)27-6-8-28-9-7-27)29-19-10-15(12-22)2-4-17(19)18-5-3-16(13-23)14-24-18/h2-5,10-11,14H,6-9,13,23H2,1H3. The van der Waals surface area contributed by atoms with Gasteiger partial charge in [-0.15, -0.1) is 0 Å². The number of nitrogens with zero attached hydrogens (tertiary/aromatic N) is 5. The predicted molar refractivity (Wildman–Crippen MR) is 109 cm³/mol. The first-order valence-corrected chi connectivity index (χ1v) is 9.42. The van der Waals surface area contributed by atoms with Crippen LogP contribution in [0.5, 0.6) is 11.6 Å². The van der Waals surface area contributed by atoms with Gasteiger partial charge in [-0.05, 0) is 29.8 Å². The Morgan fingerprint density at radius 1 is 1.21 bits per heavy atom. The third-order valence-corrected chi connectivity index (χ3v) is 4.82. The lowest BCUT2D eigenvalue weighted by Gasteiger charge is -2.26. The fraction of sp³-hybridized carbons (Fsp3) is 0.286. The number of hydrogen-bond donors (Lipinski definition) is 1. The van der Waals surface area contributed by atoms with Crippen LogP contribution in [0.25, 0.3) is 11.3 Å². The fourth-order valence-electron chi connectivity index (χ4n) is 3.18. The van der Waals surface area contributed by atoms with Gasteiger partial charge in [0.1, 0.15) is 5.75 Å². The molecule has 1 aliphatic rings. The van der Waals surface area contributed by atoms with Crippen LogP contribution in [0.1, 0.15) is 11.1 Å². The van der Waals surface area contributed by atoms with Crippen molar-refractivity contribution in [3.05, 3.63) is 53.7 Å². The fourth-order valence-corrected chi connectivity index (χ4v) is 3.18. The molecule has 0 amide bonds. The molecule has 2 aromatic heterocycles. The van der Waals surface area contributed by atoms with Gasteiger partial charge in [-0.25, -0.2) is 4.68 Å². The SMILES string of the molecule is Cn1nc(N2CCOCC2)cc1Oc1cc(C#N)ccc1-c1ccc(CN)cn1. The van der Waals surface area contributed by atoms with Crippen molar-refractivity contribution >= 4 is 5.82 Å². The Morgan fingerprint density at radius 2 is 2.03 bits per heavy atom. The Bertz CT molecular complexity index is 1030. The van der Waals surface area contributed by atoms with Gasteiger partial charge in [0.25, 0.3) is 0 Å². The van der Waals surface area contributed by atoms with E-state index in [0.717, 1.165) is 35.7 Å². The van der Waals surface area contributed by atoms with Gasteiger partial charge in [-0.3, -0.25) is 4.98 Å². The van der Waals surface area contributed by atoms with E-state index < -0.39 is 0 Å². The largest absolute Gasteiger partial charge is 0.438 e. The lowest BCUT2D eigenvalue weighted by molar-refractivity contribution is 0.122. The molecule has 0 spiro atoms. The normalized spacial score (nSPS) is 13.9. The molecule has 0 radical (unpaired) electrons. The first-order chi connectivity index (χ1) is 14.2. The summed E-state index contributed by atoms with van der Waals surface area (Å²) in [4.78, 5) is 6.65. The number of morpholine rings is 1. The summed E-state index contributed by atoms with van der Waals surface area (Å²) in [6.45, 7) is 3.40. The quantitative estimate of drug-likeness (QED) is 0.714. The molecule has 4 rings (SSSR count). The summed E-state index contributed by atoms with van der Waals surface area (Å²) >= 11 is 0. The summed E-state index contributed by atoms with van der Waals surface area (Å²) in [6, 6.07) is 13.2. The predicted octanol–water partition coefficient (Wildman–Crippen LogP) is 2.44. The molecule has 0 atom stereocenters. The minimum atomic E-state index is 0.434. The number of aromatic nitrogens is 3. The van der Waals surface area contributed by atoms with Crippen LogP contribution in [0.15, 0.2) is 42.6 Å². The molecule has 0 saturated carbocycles. The molecule has 1 fully saturated rings. The minimum absolute atomic E-state index is 0.434. The van der Waals surface area contributed by atoms with Gasteiger partial charge >= 0.3 is 0 Å². The monoisotopic (exact) mass is 390 g/mol. The number of anilines is 1. The zero-order valence-corrected chi connectivity index (χ0v) is 16.2. The molecule has 1 aromatic carbocycles. The van der Waals surface area contributed by atoms with Crippen LogP contribution in [0.2, 0.25) is 0 Å². The molecule has 29 heavy (non-hydrogen) atoms. The van der Waals surface area contributed by atoms with Crippen molar-refractivity contribution in [3.63, 3.8) is 0 Å².